The summed E-state index contributed by atoms with van der Waals surface area (Å²) in [5.74, 6) is -0.980. The van der Waals surface area contributed by atoms with Gasteiger partial charge < -0.3 is 15.0 Å². The number of rotatable bonds is 4. The zero-order valence-electron chi connectivity index (χ0n) is 13.6. The van der Waals surface area contributed by atoms with Gasteiger partial charge in [0.15, 0.2) is 0 Å². The van der Waals surface area contributed by atoms with Gasteiger partial charge in [-0.3, -0.25) is 9.59 Å². The van der Waals surface area contributed by atoms with E-state index < -0.39 is 5.97 Å². The third-order valence-electron chi connectivity index (χ3n) is 2.79. The lowest BCUT2D eigenvalue weighted by Gasteiger charge is -2.23. The number of hydrogen-bond acceptors (Lipinski definition) is 4. The van der Waals surface area contributed by atoms with Crippen molar-refractivity contribution in [1.82, 2.24) is 10.2 Å². The smallest absolute Gasteiger partial charge is 0.337 e. The van der Waals surface area contributed by atoms with Gasteiger partial charge in [0.25, 0.3) is 5.91 Å². The minimum absolute atomic E-state index is 0.0329. The summed E-state index contributed by atoms with van der Waals surface area (Å²) < 4.78 is 4.60. The number of likely N-dealkylation sites (N-methyl/N-ethyl adjacent to an activating group) is 1. The molecule has 0 radical (unpaired) electrons. The van der Waals surface area contributed by atoms with Crippen molar-refractivity contribution >= 4 is 17.8 Å². The molecule has 0 spiro atoms. The number of benzene rings is 1. The van der Waals surface area contributed by atoms with Gasteiger partial charge in [0, 0.05) is 18.2 Å². The topological polar surface area (TPSA) is 75.7 Å². The molecule has 1 aromatic carbocycles. The van der Waals surface area contributed by atoms with Gasteiger partial charge in [0.2, 0.25) is 5.91 Å². The second kappa shape index (κ2) is 7.06. The van der Waals surface area contributed by atoms with Gasteiger partial charge in [0.05, 0.1) is 19.2 Å². The molecule has 0 heterocycles. The van der Waals surface area contributed by atoms with Crippen LogP contribution in [0.25, 0.3) is 0 Å². The molecule has 0 saturated carbocycles. The third kappa shape index (κ3) is 5.20. The Morgan fingerprint density at radius 2 is 1.59 bits per heavy atom. The fraction of sp³-hybridized carbons (Fsp3) is 0.438. The third-order valence-corrected chi connectivity index (χ3v) is 2.79. The monoisotopic (exact) mass is 306 g/mol. The molecule has 6 nitrogen and oxygen atoms in total. The number of hydrogen-bond donors (Lipinski definition) is 1. The minimum Gasteiger partial charge on any atom is -0.465 e. The molecule has 0 atom stereocenters. The van der Waals surface area contributed by atoms with Gasteiger partial charge in [-0.25, -0.2) is 4.79 Å². The van der Waals surface area contributed by atoms with Gasteiger partial charge in [-0.15, -0.1) is 0 Å². The van der Waals surface area contributed by atoms with E-state index in [4.69, 9.17) is 0 Å². The molecule has 0 bridgehead atoms. The molecule has 120 valence electrons. The molecule has 22 heavy (non-hydrogen) atoms. The Morgan fingerprint density at radius 1 is 1.09 bits per heavy atom. The summed E-state index contributed by atoms with van der Waals surface area (Å²) in [4.78, 5) is 36.7. The van der Waals surface area contributed by atoms with Crippen molar-refractivity contribution in [2.45, 2.75) is 26.3 Å². The number of methoxy groups -OCH3 is 1. The highest BCUT2D eigenvalue weighted by atomic mass is 16.5. The number of amides is 2. The second-order valence-electron chi connectivity index (χ2n) is 6.03. The highest BCUT2D eigenvalue weighted by molar-refractivity contribution is 5.97. The van der Waals surface area contributed by atoms with E-state index in [-0.39, 0.29) is 23.9 Å². The molecule has 1 aromatic rings. The summed E-state index contributed by atoms with van der Waals surface area (Å²) in [6.45, 7) is 5.59. The number of carbonyl (C=O) groups excluding carboxylic acids is 3. The van der Waals surface area contributed by atoms with Gasteiger partial charge in [-0.1, -0.05) is 0 Å². The Bertz CT molecular complexity index is 559. The first-order valence-corrected chi connectivity index (χ1v) is 6.89. The van der Waals surface area contributed by atoms with Crippen molar-refractivity contribution in [3.8, 4) is 0 Å². The lowest BCUT2D eigenvalue weighted by molar-refractivity contribution is -0.122. The zero-order valence-corrected chi connectivity index (χ0v) is 13.6. The number of carbonyl (C=O) groups is 3. The van der Waals surface area contributed by atoms with E-state index in [0.29, 0.717) is 11.1 Å². The minimum atomic E-state index is -0.461. The fourth-order valence-electron chi connectivity index (χ4n) is 1.83. The van der Waals surface area contributed by atoms with Crippen molar-refractivity contribution in [1.29, 1.82) is 0 Å². The Kier molecular flexibility index (Phi) is 5.68. The maximum atomic E-state index is 12.2. The predicted octanol–water partition coefficient (Wildman–Crippen LogP) is 1.46. The van der Waals surface area contributed by atoms with E-state index in [2.05, 4.69) is 10.1 Å². The van der Waals surface area contributed by atoms with Crippen molar-refractivity contribution in [3.05, 3.63) is 35.4 Å². The largest absolute Gasteiger partial charge is 0.465 e. The standard InChI is InChI=1S/C16H22N2O4/c1-16(2,3)17-13(19)10-18(4)14(20)11-6-8-12(9-7-11)15(21)22-5/h6-9H,10H2,1-5H3,(H,17,19). The lowest BCUT2D eigenvalue weighted by Crippen LogP contribution is -2.46. The van der Waals surface area contributed by atoms with Crippen molar-refractivity contribution in [3.63, 3.8) is 0 Å². The quantitative estimate of drug-likeness (QED) is 0.855. The Hall–Kier alpha value is -2.37. The highest BCUT2D eigenvalue weighted by Gasteiger charge is 2.19. The van der Waals surface area contributed by atoms with Crippen LogP contribution in [0.2, 0.25) is 0 Å². The molecule has 6 heteroatoms. The van der Waals surface area contributed by atoms with Gasteiger partial charge in [0.1, 0.15) is 0 Å². The Labute approximate surface area is 130 Å². The number of nitrogens with one attached hydrogen (secondary N) is 1. The first kappa shape index (κ1) is 17.7. The van der Waals surface area contributed by atoms with E-state index in [0.717, 1.165) is 0 Å². The van der Waals surface area contributed by atoms with Crippen molar-refractivity contribution in [2.75, 3.05) is 20.7 Å². The van der Waals surface area contributed by atoms with Gasteiger partial charge >= 0.3 is 5.97 Å². The summed E-state index contributed by atoms with van der Waals surface area (Å²) >= 11 is 0. The molecule has 0 saturated heterocycles. The van der Waals surface area contributed by atoms with Gasteiger partial charge in [-0.05, 0) is 45.0 Å². The number of ether oxygens (including phenoxy) is 1. The predicted molar refractivity (Wildman–Crippen MR) is 82.6 cm³/mol. The average Bonchev–Trinajstić information content (AvgIpc) is 2.43. The molecule has 0 aliphatic heterocycles. The van der Waals surface area contributed by atoms with Gasteiger partial charge in [-0.2, -0.15) is 0 Å². The van der Waals surface area contributed by atoms with Crippen LogP contribution in [-0.2, 0) is 9.53 Å². The normalized spacial score (nSPS) is 10.8. The second-order valence-corrected chi connectivity index (χ2v) is 6.03. The van der Waals surface area contributed by atoms with Crippen LogP contribution in [0.5, 0.6) is 0 Å². The Balaban J connectivity index is 2.71. The summed E-state index contributed by atoms with van der Waals surface area (Å²) in [6, 6.07) is 6.10. The first-order chi connectivity index (χ1) is 10.1. The maximum Gasteiger partial charge on any atom is 0.337 e. The van der Waals surface area contributed by atoms with Crippen LogP contribution in [0.4, 0.5) is 0 Å². The molecular weight excluding hydrogens is 284 g/mol. The zero-order chi connectivity index (χ0) is 16.9. The van der Waals surface area contributed by atoms with E-state index in [9.17, 15) is 14.4 Å². The summed E-state index contributed by atoms with van der Waals surface area (Å²) in [5.41, 5.74) is 0.425. The van der Waals surface area contributed by atoms with Crippen molar-refractivity contribution < 1.29 is 19.1 Å². The SMILES string of the molecule is COC(=O)c1ccc(C(=O)N(C)CC(=O)NC(C)(C)C)cc1. The van der Waals surface area contributed by atoms with E-state index >= 15 is 0 Å². The molecule has 1 rings (SSSR count). The maximum absolute atomic E-state index is 12.2. The molecule has 0 aromatic heterocycles. The number of nitrogens with zero attached hydrogens (tertiary/aromatic N) is 1. The van der Waals surface area contributed by atoms with E-state index in [1.165, 1.54) is 36.3 Å². The van der Waals surface area contributed by atoms with Crippen LogP contribution in [0, 0.1) is 0 Å². The van der Waals surface area contributed by atoms with Crippen LogP contribution < -0.4 is 5.32 Å². The van der Waals surface area contributed by atoms with E-state index in [1.807, 2.05) is 20.8 Å². The molecular formula is C16H22N2O4. The van der Waals surface area contributed by atoms with Crippen LogP contribution in [0.1, 0.15) is 41.5 Å². The Morgan fingerprint density at radius 3 is 2.05 bits per heavy atom. The lowest BCUT2D eigenvalue weighted by atomic mass is 10.1. The molecule has 0 aliphatic rings. The molecule has 1 N–H and O–H groups in total. The van der Waals surface area contributed by atoms with Crippen LogP contribution in [-0.4, -0.2) is 48.9 Å². The van der Waals surface area contributed by atoms with Crippen LogP contribution >= 0.6 is 0 Å². The molecule has 0 aliphatic carbocycles. The fourth-order valence-corrected chi connectivity index (χ4v) is 1.83. The molecule has 0 unspecified atom stereocenters. The first-order valence-electron chi connectivity index (χ1n) is 6.89. The number of esters is 1. The summed E-state index contributed by atoms with van der Waals surface area (Å²) in [7, 11) is 2.85. The summed E-state index contributed by atoms with van der Waals surface area (Å²) in [5, 5.41) is 2.79. The van der Waals surface area contributed by atoms with Crippen molar-refractivity contribution in [2.24, 2.45) is 0 Å². The highest BCUT2D eigenvalue weighted by Crippen LogP contribution is 2.08. The average molecular weight is 306 g/mol. The van der Waals surface area contributed by atoms with E-state index in [1.54, 1.807) is 7.05 Å². The molecule has 0 fully saturated rings. The van der Waals surface area contributed by atoms with Crippen LogP contribution in [0.3, 0.4) is 0 Å². The van der Waals surface area contributed by atoms with Crippen LogP contribution in [0.15, 0.2) is 24.3 Å². The molecule has 2 amide bonds. The summed E-state index contributed by atoms with van der Waals surface area (Å²) in [6.07, 6.45) is 0.